The second-order valence-electron chi connectivity index (χ2n) is 7.88. The van der Waals surface area contributed by atoms with Crippen molar-refractivity contribution in [2.45, 2.75) is 46.3 Å². The molecule has 0 heterocycles. The van der Waals surface area contributed by atoms with Gasteiger partial charge in [0.1, 0.15) is 11.4 Å². The number of nitrogens with zero attached hydrogens (tertiary/aromatic N) is 1. The Morgan fingerprint density at radius 3 is 2.41 bits per heavy atom. The van der Waals surface area contributed by atoms with Gasteiger partial charge in [0.25, 0.3) is 5.91 Å². The van der Waals surface area contributed by atoms with Gasteiger partial charge in [0.2, 0.25) is 0 Å². The third-order valence-electron chi connectivity index (χ3n) is 3.97. The van der Waals surface area contributed by atoms with E-state index in [1.165, 1.54) is 13.3 Å². The molecule has 32 heavy (non-hydrogen) atoms. The molecule has 0 saturated heterocycles. The molecule has 0 fully saturated rings. The molecule has 172 valence electrons. The molecule has 2 rings (SSSR count). The molecule has 1 N–H and O–H groups in total. The van der Waals surface area contributed by atoms with Crippen LogP contribution in [0.5, 0.6) is 17.2 Å². The average molecular weight is 463 g/mol. The summed E-state index contributed by atoms with van der Waals surface area (Å²) in [5.74, 6) is 0.642. The first-order chi connectivity index (χ1) is 15.0. The lowest BCUT2D eigenvalue weighted by molar-refractivity contribution is -0.127. The van der Waals surface area contributed by atoms with Gasteiger partial charge in [-0.15, -0.1) is 0 Å². The summed E-state index contributed by atoms with van der Waals surface area (Å²) < 4.78 is 21.2. The molecule has 8 nitrogen and oxygen atoms in total. The standard InChI is InChI=1S/C23H27ClN2O6/c1-14-11-17(24)8-10-18(14)30-15(2)21(27)26-25-13-16-7-9-19(20(12-16)29-6)31-22(28)32-23(3,4)5/h7-13,15H,1-6H3,(H,26,27)/b25-13+. The molecule has 2 aromatic carbocycles. The number of carbonyl (C=O) groups excluding carboxylic acids is 2. The number of halogens is 1. The zero-order valence-corrected chi connectivity index (χ0v) is 19.6. The molecule has 0 saturated carbocycles. The first-order valence-electron chi connectivity index (χ1n) is 9.83. The Balaban J connectivity index is 1.97. The van der Waals surface area contributed by atoms with Gasteiger partial charge in [0.15, 0.2) is 17.6 Å². The fraction of sp³-hybridized carbons (Fsp3) is 0.348. The van der Waals surface area contributed by atoms with Gasteiger partial charge in [0.05, 0.1) is 13.3 Å². The van der Waals surface area contributed by atoms with Gasteiger partial charge >= 0.3 is 6.16 Å². The Labute approximate surface area is 192 Å². The molecule has 0 aromatic heterocycles. The second kappa shape index (κ2) is 10.9. The normalized spacial score (nSPS) is 12.2. The number of aryl methyl sites for hydroxylation is 1. The Kier molecular flexibility index (Phi) is 8.48. The van der Waals surface area contributed by atoms with Crippen LogP contribution < -0.4 is 19.6 Å². The van der Waals surface area contributed by atoms with E-state index in [9.17, 15) is 9.59 Å². The summed E-state index contributed by atoms with van der Waals surface area (Å²) in [5, 5.41) is 4.53. The lowest BCUT2D eigenvalue weighted by Gasteiger charge is -2.19. The largest absolute Gasteiger partial charge is 0.514 e. The maximum Gasteiger partial charge on any atom is 0.514 e. The van der Waals surface area contributed by atoms with E-state index in [0.29, 0.717) is 22.1 Å². The van der Waals surface area contributed by atoms with Crippen molar-refractivity contribution in [3.05, 3.63) is 52.5 Å². The smallest absolute Gasteiger partial charge is 0.493 e. The summed E-state index contributed by atoms with van der Waals surface area (Å²) in [6.07, 6.45) is -0.182. The number of ether oxygens (including phenoxy) is 4. The fourth-order valence-corrected chi connectivity index (χ4v) is 2.69. The van der Waals surface area contributed by atoms with E-state index < -0.39 is 23.8 Å². The van der Waals surface area contributed by atoms with Gasteiger partial charge in [0, 0.05) is 5.02 Å². The van der Waals surface area contributed by atoms with Crippen LogP contribution in [0.25, 0.3) is 0 Å². The Morgan fingerprint density at radius 1 is 1.09 bits per heavy atom. The number of hydrazone groups is 1. The zero-order chi connectivity index (χ0) is 23.9. The molecule has 0 aliphatic heterocycles. The number of carbonyl (C=O) groups is 2. The summed E-state index contributed by atoms with van der Waals surface area (Å²) in [6.45, 7) is 8.67. The van der Waals surface area contributed by atoms with E-state index >= 15 is 0 Å². The molecule has 0 radical (unpaired) electrons. The van der Waals surface area contributed by atoms with Crippen molar-refractivity contribution in [3.8, 4) is 17.2 Å². The van der Waals surface area contributed by atoms with Crippen molar-refractivity contribution in [1.82, 2.24) is 5.43 Å². The van der Waals surface area contributed by atoms with Crippen molar-refractivity contribution in [2.75, 3.05) is 7.11 Å². The van der Waals surface area contributed by atoms with Crippen molar-refractivity contribution in [2.24, 2.45) is 5.10 Å². The van der Waals surface area contributed by atoms with E-state index in [0.717, 1.165) is 5.56 Å². The molecule has 1 atom stereocenters. The SMILES string of the molecule is COc1cc(/C=N/NC(=O)C(C)Oc2ccc(Cl)cc2C)ccc1OC(=O)OC(C)(C)C. The van der Waals surface area contributed by atoms with Crippen molar-refractivity contribution >= 4 is 29.9 Å². The van der Waals surface area contributed by atoms with Gasteiger partial charge in [-0.05, 0) is 82.1 Å². The zero-order valence-electron chi connectivity index (χ0n) is 18.9. The van der Waals surface area contributed by atoms with Gasteiger partial charge in [-0.25, -0.2) is 10.2 Å². The number of rotatable bonds is 7. The number of amides is 1. The first kappa shape index (κ1) is 25.0. The van der Waals surface area contributed by atoms with Gasteiger partial charge in [-0.3, -0.25) is 4.79 Å². The van der Waals surface area contributed by atoms with Crippen LogP contribution >= 0.6 is 11.6 Å². The van der Waals surface area contributed by atoms with E-state index in [1.807, 2.05) is 6.92 Å². The lowest BCUT2D eigenvalue weighted by atomic mass is 10.2. The van der Waals surface area contributed by atoms with Crippen LogP contribution in [0.3, 0.4) is 0 Å². The summed E-state index contributed by atoms with van der Waals surface area (Å²) in [5.41, 5.74) is 3.18. The summed E-state index contributed by atoms with van der Waals surface area (Å²) in [6, 6.07) is 9.94. The van der Waals surface area contributed by atoms with Crippen LogP contribution in [0.1, 0.15) is 38.8 Å². The third-order valence-corrected chi connectivity index (χ3v) is 4.20. The number of nitrogens with one attached hydrogen (secondary N) is 1. The van der Waals surface area contributed by atoms with Crippen molar-refractivity contribution in [1.29, 1.82) is 0 Å². The molecule has 0 aliphatic rings. The highest BCUT2D eigenvalue weighted by Crippen LogP contribution is 2.28. The minimum atomic E-state index is -0.839. The Bertz CT molecular complexity index is 1000. The number of hydrogen-bond donors (Lipinski definition) is 1. The van der Waals surface area contributed by atoms with Gasteiger partial charge in [-0.1, -0.05) is 11.6 Å². The Hall–Kier alpha value is -3.26. The van der Waals surface area contributed by atoms with Gasteiger partial charge in [-0.2, -0.15) is 5.10 Å². The highest BCUT2D eigenvalue weighted by atomic mass is 35.5. The number of methoxy groups -OCH3 is 1. The minimum absolute atomic E-state index is 0.197. The molecule has 1 amide bonds. The summed E-state index contributed by atoms with van der Waals surface area (Å²) in [4.78, 5) is 24.1. The first-order valence-corrected chi connectivity index (χ1v) is 10.2. The predicted octanol–water partition coefficient (Wildman–Crippen LogP) is 4.89. The van der Waals surface area contributed by atoms with Crippen LogP contribution in [0.15, 0.2) is 41.5 Å². The molecular weight excluding hydrogens is 436 g/mol. The maximum absolute atomic E-state index is 12.3. The van der Waals surface area contributed by atoms with E-state index in [1.54, 1.807) is 64.1 Å². The topological polar surface area (TPSA) is 95.5 Å². The minimum Gasteiger partial charge on any atom is -0.493 e. The van der Waals surface area contributed by atoms with Crippen LogP contribution in [-0.4, -0.2) is 37.1 Å². The molecule has 0 spiro atoms. The van der Waals surface area contributed by atoms with E-state index in [4.69, 9.17) is 30.5 Å². The monoisotopic (exact) mass is 462 g/mol. The molecular formula is C23H27ClN2O6. The van der Waals surface area contributed by atoms with Gasteiger partial charge < -0.3 is 18.9 Å². The molecule has 0 bridgehead atoms. The quantitative estimate of drug-likeness (QED) is 0.272. The van der Waals surface area contributed by atoms with Crippen LogP contribution in [0.2, 0.25) is 5.02 Å². The molecule has 2 aromatic rings. The van der Waals surface area contributed by atoms with Crippen LogP contribution in [-0.2, 0) is 9.53 Å². The molecule has 0 aliphatic carbocycles. The maximum atomic E-state index is 12.3. The fourth-order valence-electron chi connectivity index (χ4n) is 2.46. The van der Waals surface area contributed by atoms with E-state index in [2.05, 4.69) is 10.5 Å². The van der Waals surface area contributed by atoms with Crippen LogP contribution in [0.4, 0.5) is 4.79 Å². The number of benzene rings is 2. The number of hydrogen-bond acceptors (Lipinski definition) is 7. The van der Waals surface area contributed by atoms with Crippen LogP contribution in [0, 0.1) is 6.92 Å². The van der Waals surface area contributed by atoms with E-state index in [-0.39, 0.29) is 5.75 Å². The third kappa shape index (κ3) is 7.77. The second-order valence-corrected chi connectivity index (χ2v) is 8.32. The molecule has 1 unspecified atom stereocenters. The summed E-state index contributed by atoms with van der Waals surface area (Å²) in [7, 11) is 1.44. The summed E-state index contributed by atoms with van der Waals surface area (Å²) >= 11 is 5.93. The predicted molar refractivity (Wildman–Crippen MR) is 122 cm³/mol. The highest BCUT2D eigenvalue weighted by molar-refractivity contribution is 6.30. The van der Waals surface area contributed by atoms with Crippen molar-refractivity contribution < 1.29 is 28.5 Å². The lowest BCUT2D eigenvalue weighted by Crippen LogP contribution is -2.33. The Morgan fingerprint density at radius 2 is 1.78 bits per heavy atom. The highest BCUT2D eigenvalue weighted by Gasteiger charge is 2.20. The average Bonchev–Trinajstić information content (AvgIpc) is 2.69. The van der Waals surface area contributed by atoms with Crippen molar-refractivity contribution in [3.63, 3.8) is 0 Å². The molecule has 9 heteroatoms.